The van der Waals surface area contributed by atoms with Crippen molar-refractivity contribution in [1.29, 1.82) is 0 Å². The van der Waals surface area contributed by atoms with Crippen molar-refractivity contribution in [2.45, 2.75) is 33.1 Å². The average Bonchev–Trinajstić information content (AvgIpc) is 3.15. The number of thiophene rings is 1. The number of aryl methyl sites for hydroxylation is 2. The monoisotopic (exact) mass is 350 g/mol. The van der Waals surface area contributed by atoms with Gasteiger partial charge >= 0.3 is 0 Å². The Morgan fingerprint density at radius 1 is 1.28 bits per heavy atom. The van der Waals surface area contributed by atoms with E-state index in [1.165, 1.54) is 16.9 Å². The van der Waals surface area contributed by atoms with E-state index >= 15 is 0 Å². The molecule has 5 nitrogen and oxygen atoms in total. The Morgan fingerprint density at radius 2 is 2.16 bits per heavy atom. The number of nitrogens with zero attached hydrogens (tertiary/aromatic N) is 4. The minimum atomic E-state index is 0.221. The number of phenols is 1. The Morgan fingerprint density at radius 3 is 3.00 bits per heavy atom. The normalized spacial score (nSPS) is 17.3. The lowest BCUT2D eigenvalue weighted by Gasteiger charge is -2.17. The number of benzene rings is 1. The molecule has 126 valence electrons. The highest BCUT2D eigenvalue weighted by molar-refractivity contribution is 7.19. The molecule has 0 bridgehead atoms. The van der Waals surface area contributed by atoms with Gasteiger partial charge in [-0.1, -0.05) is 19.1 Å². The van der Waals surface area contributed by atoms with E-state index in [9.17, 15) is 5.11 Å². The van der Waals surface area contributed by atoms with Gasteiger partial charge in [-0.25, -0.2) is 9.97 Å². The molecule has 3 aromatic heterocycles. The van der Waals surface area contributed by atoms with Crippen LogP contribution < -0.4 is 0 Å². The SMILES string of the molecule is Cc1nc2sc3c(c2c2nc(-c4cccc(O)c4)nn12)CC[C@H](C)C3. The first-order chi connectivity index (χ1) is 12.1. The summed E-state index contributed by atoms with van der Waals surface area (Å²) in [6, 6.07) is 7.07. The van der Waals surface area contributed by atoms with Crippen LogP contribution in [0.4, 0.5) is 0 Å². The molecule has 6 heteroatoms. The van der Waals surface area contributed by atoms with E-state index in [1.807, 2.05) is 34.9 Å². The van der Waals surface area contributed by atoms with Gasteiger partial charge in [0.15, 0.2) is 11.5 Å². The highest BCUT2D eigenvalue weighted by Crippen LogP contribution is 2.39. The third-order valence-electron chi connectivity index (χ3n) is 5.00. The fourth-order valence-corrected chi connectivity index (χ4v) is 5.13. The van der Waals surface area contributed by atoms with Gasteiger partial charge in [0, 0.05) is 10.4 Å². The Labute approximate surface area is 149 Å². The molecule has 0 fully saturated rings. The molecule has 1 aliphatic carbocycles. The van der Waals surface area contributed by atoms with Crippen LogP contribution in [-0.4, -0.2) is 24.7 Å². The fraction of sp³-hybridized carbons (Fsp3) is 0.316. The van der Waals surface area contributed by atoms with Gasteiger partial charge < -0.3 is 5.11 Å². The summed E-state index contributed by atoms with van der Waals surface area (Å²) in [6.07, 6.45) is 3.44. The van der Waals surface area contributed by atoms with Crippen LogP contribution in [-0.2, 0) is 12.8 Å². The van der Waals surface area contributed by atoms with Gasteiger partial charge in [-0.15, -0.1) is 16.4 Å². The third kappa shape index (κ3) is 2.24. The molecule has 1 N–H and O–H groups in total. The second-order valence-electron chi connectivity index (χ2n) is 6.91. The molecule has 1 aromatic carbocycles. The predicted octanol–water partition coefficient (Wildman–Crippen LogP) is 4.14. The van der Waals surface area contributed by atoms with E-state index in [0.29, 0.717) is 5.82 Å². The molecule has 4 aromatic rings. The number of aromatic hydroxyl groups is 1. The molecule has 0 amide bonds. The van der Waals surface area contributed by atoms with E-state index in [2.05, 4.69) is 12.0 Å². The molecule has 1 aliphatic rings. The molecule has 0 unspecified atom stereocenters. The molecule has 3 heterocycles. The van der Waals surface area contributed by atoms with Crippen LogP contribution in [0.5, 0.6) is 5.75 Å². The third-order valence-corrected chi connectivity index (χ3v) is 6.15. The Kier molecular flexibility index (Phi) is 3.12. The lowest BCUT2D eigenvalue weighted by atomic mass is 9.89. The van der Waals surface area contributed by atoms with Gasteiger partial charge in [0.1, 0.15) is 16.4 Å². The van der Waals surface area contributed by atoms with Crippen LogP contribution in [0.3, 0.4) is 0 Å². The first-order valence-corrected chi connectivity index (χ1v) is 9.39. The van der Waals surface area contributed by atoms with Crippen LogP contribution in [0.15, 0.2) is 24.3 Å². The largest absolute Gasteiger partial charge is 0.508 e. The summed E-state index contributed by atoms with van der Waals surface area (Å²) in [5.74, 6) is 2.42. The number of aromatic nitrogens is 4. The van der Waals surface area contributed by atoms with Crippen molar-refractivity contribution in [3.63, 3.8) is 0 Å². The Hall–Kier alpha value is -2.47. The van der Waals surface area contributed by atoms with Crippen LogP contribution in [0.25, 0.3) is 27.3 Å². The van der Waals surface area contributed by atoms with Crippen molar-refractivity contribution in [2.75, 3.05) is 0 Å². The molecule has 0 aliphatic heterocycles. The van der Waals surface area contributed by atoms with Gasteiger partial charge in [-0.05, 0) is 49.8 Å². The number of fused-ring (bicyclic) bond motifs is 5. The maximum absolute atomic E-state index is 9.75. The smallest absolute Gasteiger partial charge is 0.182 e. The summed E-state index contributed by atoms with van der Waals surface area (Å²) in [4.78, 5) is 12.1. The van der Waals surface area contributed by atoms with Crippen molar-refractivity contribution < 1.29 is 5.11 Å². The van der Waals surface area contributed by atoms with Crippen molar-refractivity contribution in [3.8, 4) is 17.1 Å². The summed E-state index contributed by atoms with van der Waals surface area (Å²) in [6.45, 7) is 4.29. The van der Waals surface area contributed by atoms with Gasteiger partial charge in [0.2, 0.25) is 0 Å². The topological polar surface area (TPSA) is 63.3 Å². The summed E-state index contributed by atoms with van der Waals surface area (Å²) < 4.78 is 1.84. The minimum absolute atomic E-state index is 0.221. The summed E-state index contributed by atoms with van der Waals surface area (Å²) in [7, 11) is 0. The first kappa shape index (κ1) is 14.8. The predicted molar refractivity (Wildman–Crippen MR) is 99.2 cm³/mol. The lowest BCUT2D eigenvalue weighted by Crippen LogP contribution is -2.08. The van der Waals surface area contributed by atoms with E-state index in [1.54, 1.807) is 12.1 Å². The minimum Gasteiger partial charge on any atom is -0.508 e. The molecule has 0 saturated carbocycles. The fourth-order valence-electron chi connectivity index (χ4n) is 3.71. The first-order valence-electron chi connectivity index (χ1n) is 8.57. The van der Waals surface area contributed by atoms with Crippen molar-refractivity contribution in [1.82, 2.24) is 19.6 Å². The van der Waals surface area contributed by atoms with Gasteiger partial charge in [-0.3, -0.25) is 0 Å². The lowest BCUT2D eigenvalue weighted by molar-refractivity contribution is 0.475. The summed E-state index contributed by atoms with van der Waals surface area (Å²) >= 11 is 1.81. The molecular formula is C19H18N4OS. The standard InChI is InChI=1S/C19H18N4OS/c1-10-6-7-14-15(8-10)25-19-16(14)18-21-17(22-23(18)11(2)20-19)12-4-3-5-13(24)9-12/h3-5,9-10,24H,6-8H2,1-2H3/t10-/m0/s1. The van der Waals surface area contributed by atoms with Crippen molar-refractivity contribution in [3.05, 3.63) is 40.5 Å². The zero-order valence-electron chi connectivity index (χ0n) is 14.2. The van der Waals surface area contributed by atoms with Gasteiger partial charge in [0.05, 0.1) is 5.39 Å². The summed E-state index contributed by atoms with van der Waals surface area (Å²) in [5, 5.41) is 15.6. The average molecular weight is 350 g/mol. The molecule has 1 atom stereocenters. The molecule has 0 radical (unpaired) electrons. The maximum Gasteiger partial charge on any atom is 0.182 e. The number of rotatable bonds is 1. The van der Waals surface area contributed by atoms with Crippen molar-refractivity contribution in [2.24, 2.45) is 5.92 Å². The molecule has 0 saturated heterocycles. The number of hydrogen-bond donors (Lipinski definition) is 1. The molecule has 25 heavy (non-hydrogen) atoms. The van der Waals surface area contributed by atoms with E-state index < -0.39 is 0 Å². The zero-order chi connectivity index (χ0) is 17.1. The number of hydrogen-bond acceptors (Lipinski definition) is 5. The van der Waals surface area contributed by atoms with E-state index in [-0.39, 0.29) is 5.75 Å². The van der Waals surface area contributed by atoms with E-state index in [4.69, 9.17) is 9.97 Å². The van der Waals surface area contributed by atoms with Gasteiger partial charge in [0.25, 0.3) is 0 Å². The molecule has 0 spiro atoms. The van der Waals surface area contributed by atoms with E-state index in [0.717, 1.165) is 46.0 Å². The molecular weight excluding hydrogens is 332 g/mol. The van der Waals surface area contributed by atoms with Crippen LogP contribution in [0.1, 0.15) is 29.6 Å². The van der Waals surface area contributed by atoms with Gasteiger partial charge in [-0.2, -0.15) is 4.52 Å². The summed E-state index contributed by atoms with van der Waals surface area (Å²) in [5.41, 5.74) is 3.10. The van der Waals surface area contributed by atoms with Crippen molar-refractivity contribution >= 4 is 27.2 Å². The van der Waals surface area contributed by atoms with Crippen LogP contribution in [0.2, 0.25) is 0 Å². The van der Waals surface area contributed by atoms with Crippen LogP contribution >= 0.6 is 11.3 Å². The second kappa shape index (κ2) is 5.26. The quantitative estimate of drug-likeness (QED) is 0.560. The van der Waals surface area contributed by atoms with Crippen LogP contribution in [0, 0.1) is 12.8 Å². The second-order valence-corrected chi connectivity index (χ2v) is 8.00. The Bertz CT molecular complexity index is 1130. The highest BCUT2D eigenvalue weighted by Gasteiger charge is 2.24. The number of phenolic OH excluding ortho intramolecular Hbond substituents is 1. The highest BCUT2D eigenvalue weighted by atomic mass is 32.1. The zero-order valence-corrected chi connectivity index (χ0v) is 15.0. The molecule has 5 rings (SSSR count). The Balaban J connectivity index is 1.80. The maximum atomic E-state index is 9.75.